The third-order valence-electron chi connectivity index (χ3n) is 4.30. The summed E-state index contributed by atoms with van der Waals surface area (Å²) in [4.78, 5) is 4.18. The van der Waals surface area contributed by atoms with Crippen LogP contribution in [-0.2, 0) is 18.2 Å². The van der Waals surface area contributed by atoms with Crippen molar-refractivity contribution in [2.24, 2.45) is 7.05 Å². The molecule has 0 unspecified atom stereocenters. The van der Waals surface area contributed by atoms with Crippen LogP contribution in [-0.4, -0.2) is 27.5 Å². The van der Waals surface area contributed by atoms with E-state index >= 15 is 0 Å². The zero-order valence-corrected chi connectivity index (χ0v) is 12.0. The van der Waals surface area contributed by atoms with Crippen LogP contribution in [0.3, 0.4) is 0 Å². The van der Waals surface area contributed by atoms with Gasteiger partial charge < -0.3 is 10.5 Å². The van der Waals surface area contributed by atoms with Crippen molar-refractivity contribution in [2.45, 2.75) is 31.3 Å². The van der Waals surface area contributed by atoms with Crippen molar-refractivity contribution in [3.63, 3.8) is 0 Å². The average molecular weight is 272 g/mol. The monoisotopic (exact) mass is 272 g/mol. The molecule has 2 aromatic rings. The summed E-state index contributed by atoms with van der Waals surface area (Å²) in [5, 5.41) is 4.59. The minimum Gasteiger partial charge on any atom is -0.383 e. The predicted molar refractivity (Wildman–Crippen MR) is 78.1 cm³/mol. The lowest BCUT2D eigenvalue weighted by Crippen LogP contribution is -2.41. The van der Waals surface area contributed by atoms with Gasteiger partial charge in [-0.1, -0.05) is 6.07 Å². The lowest BCUT2D eigenvalue weighted by molar-refractivity contribution is -0.0714. The molecule has 0 amide bonds. The molecule has 0 saturated heterocycles. The molecular formula is C15H20N4O. The number of pyridine rings is 1. The molecule has 2 heterocycles. The zero-order valence-electron chi connectivity index (χ0n) is 12.0. The number of rotatable bonds is 4. The summed E-state index contributed by atoms with van der Waals surface area (Å²) in [7, 11) is 3.66. The summed E-state index contributed by atoms with van der Waals surface area (Å²) in [6.07, 6.45) is 7.80. The fourth-order valence-electron chi connectivity index (χ4n) is 2.87. The Labute approximate surface area is 118 Å². The Morgan fingerprint density at radius 1 is 1.45 bits per heavy atom. The second-order valence-corrected chi connectivity index (χ2v) is 5.49. The molecule has 2 aromatic heterocycles. The third-order valence-corrected chi connectivity index (χ3v) is 4.30. The van der Waals surface area contributed by atoms with Crippen LogP contribution in [0.4, 0.5) is 5.82 Å². The first-order chi connectivity index (χ1) is 9.65. The van der Waals surface area contributed by atoms with Crippen molar-refractivity contribution < 1.29 is 4.74 Å². The SMILES string of the molecule is COC1(Cc2nn(C)c(N)c2-c2cccnc2)CCC1. The van der Waals surface area contributed by atoms with Crippen LogP contribution < -0.4 is 5.73 Å². The Morgan fingerprint density at radius 3 is 2.80 bits per heavy atom. The molecule has 106 valence electrons. The van der Waals surface area contributed by atoms with E-state index in [1.165, 1.54) is 6.42 Å². The Balaban J connectivity index is 2.01. The molecule has 20 heavy (non-hydrogen) atoms. The van der Waals surface area contributed by atoms with Gasteiger partial charge in [-0.3, -0.25) is 9.67 Å². The van der Waals surface area contributed by atoms with Gasteiger partial charge in [0.15, 0.2) is 0 Å². The van der Waals surface area contributed by atoms with Crippen LogP contribution in [0.15, 0.2) is 24.5 Å². The van der Waals surface area contributed by atoms with Crippen molar-refractivity contribution in [1.82, 2.24) is 14.8 Å². The summed E-state index contributed by atoms with van der Waals surface area (Å²) in [5.74, 6) is 0.679. The highest BCUT2D eigenvalue weighted by molar-refractivity contribution is 5.76. The van der Waals surface area contributed by atoms with Gasteiger partial charge in [-0.15, -0.1) is 0 Å². The molecule has 1 fully saturated rings. The van der Waals surface area contributed by atoms with Crippen molar-refractivity contribution in [3.8, 4) is 11.1 Å². The first-order valence-electron chi connectivity index (χ1n) is 6.92. The molecule has 1 aliphatic carbocycles. The van der Waals surface area contributed by atoms with Gasteiger partial charge in [0.25, 0.3) is 0 Å². The van der Waals surface area contributed by atoms with Crippen LogP contribution in [0.25, 0.3) is 11.1 Å². The smallest absolute Gasteiger partial charge is 0.129 e. The quantitative estimate of drug-likeness (QED) is 0.926. The summed E-state index contributed by atoms with van der Waals surface area (Å²) in [5.41, 5.74) is 9.13. The molecule has 0 aliphatic heterocycles. The second kappa shape index (κ2) is 4.90. The minimum atomic E-state index is -0.0578. The van der Waals surface area contributed by atoms with Gasteiger partial charge in [-0.2, -0.15) is 5.10 Å². The van der Waals surface area contributed by atoms with E-state index in [2.05, 4.69) is 10.1 Å². The molecule has 0 spiro atoms. The van der Waals surface area contributed by atoms with Gasteiger partial charge in [-0.25, -0.2) is 0 Å². The standard InChI is InChI=1S/C15H20N4O/c1-19-14(16)13(11-5-3-8-17-10-11)12(18-19)9-15(20-2)6-4-7-15/h3,5,8,10H,4,6-7,9,16H2,1-2H3. The van der Waals surface area contributed by atoms with Crippen molar-refractivity contribution in [1.29, 1.82) is 0 Å². The van der Waals surface area contributed by atoms with Gasteiger partial charge in [0.05, 0.1) is 11.3 Å². The van der Waals surface area contributed by atoms with E-state index in [4.69, 9.17) is 10.5 Å². The number of nitrogens with zero attached hydrogens (tertiary/aromatic N) is 3. The van der Waals surface area contributed by atoms with E-state index in [1.807, 2.05) is 25.4 Å². The van der Waals surface area contributed by atoms with E-state index in [-0.39, 0.29) is 5.60 Å². The number of hydrogen-bond donors (Lipinski definition) is 1. The van der Waals surface area contributed by atoms with Crippen molar-refractivity contribution >= 4 is 5.82 Å². The molecule has 0 atom stereocenters. The number of nitrogens with two attached hydrogens (primary N) is 1. The van der Waals surface area contributed by atoms with E-state index in [9.17, 15) is 0 Å². The second-order valence-electron chi connectivity index (χ2n) is 5.49. The summed E-state index contributed by atoms with van der Waals surface area (Å²) in [6.45, 7) is 0. The number of aromatic nitrogens is 3. The maximum absolute atomic E-state index is 6.19. The highest BCUT2D eigenvalue weighted by Crippen LogP contribution is 2.40. The van der Waals surface area contributed by atoms with Crippen molar-refractivity contribution in [2.75, 3.05) is 12.8 Å². The van der Waals surface area contributed by atoms with Gasteiger partial charge in [-0.05, 0) is 25.3 Å². The van der Waals surface area contributed by atoms with Gasteiger partial charge in [0.2, 0.25) is 0 Å². The molecule has 1 saturated carbocycles. The number of anilines is 1. The molecule has 1 aliphatic rings. The summed E-state index contributed by atoms with van der Waals surface area (Å²) in [6, 6.07) is 3.94. The Hall–Kier alpha value is -1.88. The number of aryl methyl sites for hydroxylation is 1. The predicted octanol–water partition coefficient (Wildman–Crippen LogP) is 2.18. The van der Waals surface area contributed by atoms with Crippen LogP contribution in [0.2, 0.25) is 0 Å². The first kappa shape index (κ1) is 13.1. The third kappa shape index (κ3) is 2.08. The summed E-state index contributed by atoms with van der Waals surface area (Å²) >= 11 is 0. The maximum Gasteiger partial charge on any atom is 0.129 e. The molecule has 0 radical (unpaired) electrons. The lowest BCUT2D eigenvalue weighted by Gasteiger charge is -2.40. The summed E-state index contributed by atoms with van der Waals surface area (Å²) < 4.78 is 7.45. The number of hydrogen-bond acceptors (Lipinski definition) is 4. The molecule has 5 nitrogen and oxygen atoms in total. The molecular weight excluding hydrogens is 252 g/mol. The molecule has 2 N–H and O–H groups in total. The number of methoxy groups -OCH3 is 1. The lowest BCUT2D eigenvalue weighted by atomic mass is 9.76. The van der Waals surface area contributed by atoms with E-state index < -0.39 is 0 Å². The van der Waals surface area contributed by atoms with Crippen LogP contribution in [0.5, 0.6) is 0 Å². The van der Waals surface area contributed by atoms with Gasteiger partial charge >= 0.3 is 0 Å². The van der Waals surface area contributed by atoms with E-state index in [0.717, 1.165) is 36.1 Å². The fraction of sp³-hybridized carbons (Fsp3) is 0.467. The zero-order chi connectivity index (χ0) is 14.2. The fourth-order valence-corrected chi connectivity index (χ4v) is 2.87. The van der Waals surface area contributed by atoms with Crippen LogP contribution in [0, 0.1) is 0 Å². The topological polar surface area (TPSA) is 66.0 Å². The Morgan fingerprint density at radius 2 is 2.25 bits per heavy atom. The molecule has 0 aromatic carbocycles. The molecule has 3 rings (SSSR count). The maximum atomic E-state index is 6.19. The normalized spacial score (nSPS) is 16.9. The van der Waals surface area contributed by atoms with E-state index in [1.54, 1.807) is 18.0 Å². The number of nitrogen functional groups attached to an aromatic ring is 1. The van der Waals surface area contributed by atoms with E-state index in [0.29, 0.717) is 5.82 Å². The Bertz CT molecular complexity index is 596. The molecule has 0 bridgehead atoms. The van der Waals surface area contributed by atoms with Gasteiger partial charge in [0, 0.05) is 44.1 Å². The largest absolute Gasteiger partial charge is 0.383 e. The van der Waals surface area contributed by atoms with Crippen LogP contribution >= 0.6 is 0 Å². The first-order valence-corrected chi connectivity index (χ1v) is 6.92. The number of ether oxygens (including phenoxy) is 1. The van der Waals surface area contributed by atoms with Gasteiger partial charge in [0.1, 0.15) is 5.82 Å². The average Bonchev–Trinajstić information content (AvgIpc) is 2.70. The minimum absolute atomic E-state index is 0.0578. The highest BCUT2D eigenvalue weighted by atomic mass is 16.5. The Kier molecular flexibility index (Phi) is 3.22. The highest BCUT2D eigenvalue weighted by Gasteiger charge is 2.39. The molecule has 5 heteroatoms. The van der Waals surface area contributed by atoms with Crippen LogP contribution in [0.1, 0.15) is 25.0 Å². The van der Waals surface area contributed by atoms with Crippen molar-refractivity contribution in [3.05, 3.63) is 30.2 Å².